The van der Waals surface area contributed by atoms with Crippen molar-refractivity contribution in [2.75, 3.05) is 0 Å². The van der Waals surface area contributed by atoms with E-state index in [0.717, 1.165) is 11.5 Å². The zero-order valence-electron chi connectivity index (χ0n) is 5.96. The highest BCUT2D eigenvalue weighted by molar-refractivity contribution is 5.07. The van der Waals surface area contributed by atoms with E-state index in [1.54, 1.807) is 6.20 Å². The normalized spacial score (nSPS) is 17.3. The topological polar surface area (TPSA) is 25.8 Å². The summed E-state index contributed by atoms with van der Waals surface area (Å²) in [5, 5.41) is 0. The van der Waals surface area contributed by atoms with Gasteiger partial charge in [-0.15, -0.1) is 0 Å². The van der Waals surface area contributed by atoms with E-state index in [-0.39, 0.29) is 0 Å². The Balaban J connectivity index is 2.32. The Bertz CT molecular complexity index is 241. The maximum Gasteiger partial charge on any atom is 0.131 e. The third-order valence-electron chi connectivity index (χ3n) is 1.70. The van der Waals surface area contributed by atoms with Crippen LogP contribution in [0.2, 0.25) is 0 Å². The average molecular weight is 133 g/mol. The molecular weight excluding hydrogens is 124 g/mol. The highest BCUT2D eigenvalue weighted by atomic mass is 14.9. The van der Waals surface area contributed by atoms with Crippen LogP contribution in [0.25, 0.3) is 0 Å². The molecule has 0 atom stereocenters. The van der Waals surface area contributed by atoms with Gasteiger partial charge in [0.2, 0.25) is 0 Å². The van der Waals surface area contributed by atoms with Crippen molar-refractivity contribution in [1.29, 1.82) is 0 Å². The third kappa shape index (κ3) is 1.01. The van der Waals surface area contributed by atoms with Crippen LogP contribution < -0.4 is 0 Å². The van der Waals surface area contributed by atoms with Gasteiger partial charge in [0.05, 0.1) is 0 Å². The van der Waals surface area contributed by atoms with E-state index in [4.69, 9.17) is 0 Å². The van der Waals surface area contributed by atoms with Gasteiger partial charge in [-0.05, 0) is 19.8 Å². The average Bonchev–Trinajstić information content (AvgIpc) is 2.68. The van der Waals surface area contributed by atoms with Gasteiger partial charge in [-0.1, -0.05) is 0 Å². The van der Waals surface area contributed by atoms with Gasteiger partial charge in [-0.25, -0.2) is 9.97 Å². The van der Waals surface area contributed by atoms with Gasteiger partial charge in [0.25, 0.3) is 0 Å². The number of rotatable bonds is 1. The van der Waals surface area contributed by atoms with Crippen LogP contribution in [-0.2, 0) is 0 Å². The largest absolute Gasteiger partial charge is 0.240 e. The Morgan fingerprint density at radius 2 is 2.40 bits per heavy atom. The van der Waals surface area contributed by atoms with Crippen molar-refractivity contribution < 1.29 is 0 Å². The molecule has 2 heteroatoms. The minimum Gasteiger partial charge on any atom is -0.240 e. The SMILES string of the molecule is Cc1[c]cnc(C2CC2)n1. The highest BCUT2D eigenvalue weighted by Gasteiger charge is 2.26. The molecule has 0 saturated heterocycles. The maximum atomic E-state index is 4.27. The second-order valence-electron chi connectivity index (χ2n) is 2.73. The zero-order chi connectivity index (χ0) is 6.97. The van der Waals surface area contributed by atoms with Crippen molar-refractivity contribution in [1.82, 2.24) is 9.97 Å². The van der Waals surface area contributed by atoms with Gasteiger partial charge >= 0.3 is 0 Å². The van der Waals surface area contributed by atoms with Crippen LogP contribution in [0.5, 0.6) is 0 Å². The number of hydrogen-bond acceptors (Lipinski definition) is 2. The molecule has 0 amide bonds. The Labute approximate surface area is 60.3 Å². The second kappa shape index (κ2) is 2.04. The van der Waals surface area contributed by atoms with Gasteiger partial charge in [0.1, 0.15) is 5.82 Å². The molecule has 10 heavy (non-hydrogen) atoms. The van der Waals surface area contributed by atoms with Crippen LogP contribution in [0.1, 0.15) is 30.3 Å². The van der Waals surface area contributed by atoms with Crippen LogP contribution in [0.15, 0.2) is 6.20 Å². The van der Waals surface area contributed by atoms with E-state index < -0.39 is 0 Å². The molecule has 0 spiro atoms. The minimum absolute atomic E-state index is 0.660. The Morgan fingerprint density at radius 3 is 3.00 bits per heavy atom. The van der Waals surface area contributed by atoms with E-state index in [0.29, 0.717) is 5.92 Å². The Morgan fingerprint density at radius 1 is 1.60 bits per heavy atom. The van der Waals surface area contributed by atoms with Crippen molar-refractivity contribution in [3.63, 3.8) is 0 Å². The van der Waals surface area contributed by atoms with E-state index >= 15 is 0 Å². The van der Waals surface area contributed by atoms with Crippen molar-refractivity contribution in [3.05, 3.63) is 23.8 Å². The van der Waals surface area contributed by atoms with Gasteiger partial charge in [0.15, 0.2) is 0 Å². The van der Waals surface area contributed by atoms with Gasteiger partial charge in [0, 0.05) is 23.9 Å². The summed E-state index contributed by atoms with van der Waals surface area (Å²) in [6.45, 7) is 1.95. The van der Waals surface area contributed by atoms with Crippen molar-refractivity contribution in [3.8, 4) is 0 Å². The van der Waals surface area contributed by atoms with Gasteiger partial charge in [-0.2, -0.15) is 0 Å². The van der Waals surface area contributed by atoms with Crippen LogP contribution in [-0.4, -0.2) is 9.97 Å². The van der Waals surface area contributed by atoms with E-state index in [1.807, 2.05) is 6.92 Å². The molecule has 51 valence electrons. The molecule has 1 saturated carbocycles. The molecule has 0 aliphatic heterocycles. The van der Waals surface area contributed by atoms with Crippen LogP contribution >= 0.6 is 0 Å². The lowest BCUT2D eigenvalue weighted by molar-refractivity contribution is 0.904. The molecule has 0 N–H and O–H groups in total. The maximum absolute atomic E-state index is 4.27. The van der Waals surface area contributed by atoms with Crippen LogP contribution in [0.3, 0.4) is 0 Å². The summed E-state index contributed by atoms with van der Waals surface area (Å²) in [4.78, 5) is 8.40. The van der Waals surface area contributed by atoms with E-state index in [9.17, 15) is 0 Å². The van der Waals surface area contributed by atoms with Crippen LogP contribution in [0.4, 0.5) is 0 Å². The molecule has 1 aromatic rings. The summed E-state index contributed by atoms with van der Waals surface area (Å²) in [5.41, 5.74) is 0.955. The second-order valence-corrected chi connectivity index (χ2v) is 2.73. The molecule has 1 aromatic heterocycles. The standard InChI is InChI=1S/C8H9N2/c1-6-4-5-9-8(10-6)7-2-3-7/h5,7H,2-3H2,1H3. The monoisotopic (exact) mass is 133 g/mol. The number of hydrogen-bond donors (Lipinski definition) is 0. The van der Waals surface area contributed by atoms with Crippen molar-refractivity contribution >= 4 is 0 Å². The first-order chi connectivity index (χ1) is 4.86. The first kappa shape index (κ1) is 5.83. The molecule has 1 heterocycles. The lowest BCUT2D eigenvalue weighted by Crippen LogP contribution is -1.92. The molecule has 0 aromatic carbocycles. The van der Waals surface area contributed by atoms with Gasteiger partial charge in [-0.3, -0.25) is 0 Å². The first-order valence-electron chi connectivity index (χ1n) is 3.57. The molecule has 1 fully saturated rings. The fourth-order valence-corrected chi connectivity index (χ4v) is 0.963. The number of aryl methyl sites for hydroxylation is 1. The quantitative estimate of drug-likeness (QED) is 0.579. The summed E-state index contributed by atoms with van der Waals surface area (Å²) in [5.74, 6) is 1.67. The minimum atomic E-state index is 0.660. The van der Waals surface area contributed by atoms with Crippen LogP contribution in [0, 0.1) is 13.0 Å². The van der Waals surface area contributed by atoms with E-state index in [2.05, 4.69) is 16.0 Å². The first-order valence-corrected chi connectivity index (χ1v) is 3.57. The zero-order valence-corrected chi connectivity index (χ0v) is 5.96. The highest BCUT2D eigenvalue weighted by Crippen LogP contribution is 2.37. The fraction of sp³-hybridized carbons (Fsp3) is 0.500. The smallest absolute Gasteiger partial charge is 0.131 e. The summed E-state index contributed by atoms with van der Waals surface area (Å²) >= 11 is 0. The summed E-state index contributed by atoms with van der Waals surface area (Å²) in [7, 11) is 0. The van der Waals surface area contributed by atoms with Crippen molar-refractivity contribution in [2.24, 2.45) is 0 Å². The Kier molecular flexibility index (Phi) is 1.19. The summed E-state index contributed by atoms with van der Waals surface area (Å²) in [6.07, 6.45) is 4.25. The molecule has 2 nitrogen and oxygen atoms in total. The molecule has 0 unspecified atom stereocenters. The number of nitrogens with zero attached hydrogens (tertiary/aromatic N) is 2. The van der Waals surface area contributed by atoms with E-state index in [1.165, 1.54) is 12.8 Å². The lowest BCUT2D eigenvalue weighted by atomic mass is 10.3. The number of aromatic nitrogens is 2. The molecule has 0 bridgehead atoms. The summed E-state index contributed by atoms with van der Waals surface area (Å²) in [6, 6.07) is 2.93. The molecule has 1 radical (unpaired) electrons. The lowest BCUT2D eigenvalue weighted by Gasteiger charge is -1.94. The molecular formula is C8H9N2. The Hall–Kier alpha value is -0.920. The van der Waals surface area contributed by atoms with Crippen molar-refractivity contribution in [2.45, 2.75) is 25.7 Å². The molecule has 1 aliphatic carbocycles. The summed E-state index contributed by atoms with van der Waals surface area (Å²) < 4.78 is 0. The third-order valence-corrected chi connectivity index (χ3v) is 1.70. The molecule has 2 rings (SSSR count). The van der Waals surface area contributed by atoms with Gasteiger partial charge < -0.3 is 0 Å². The fourth-order valence-electron chi connectivity index (χ4n) is 0.963. The predicted octanol–water partition coefficient (Wildman–Crippen LogP) is 1.46. The predicted molar refractivity (Wildman–Crippen MR) is 37.6 cm³/mol. The molecule has 1 aliphatic rings.